The number of nitrogens with one attached hydrogen (secondary N) is 1. The second-order valence-corrected chi connectivity index (χ2v) is 5.01. The molecule has 5 heteroatoms. The van der Waals surface area contributed by atoms with E-state index in [-0.39, 0.29) is 16.1 Å². The predicted octanol–water partition coefficient (Wildman–Crippen LogP) is 3.20. The number of benzene rings is 1. The maximum absolute atomic E-state index is 14.1. The lowest BCUT2D eigenvalue weighted by Gasteiger charge is -2.24. The molecule has 0 aliphatic carbocycles. The van der Waals surface area contributed by atoms with Gasteiger partial charge in [-0.2, -0.15) is 0 Å². The summed E-state index contributed by atoms with van der Waals surface area (Å²) < 4.78 is 32.7. The number of ether oxygens (including phenoxy) is 1. The maximum Gasteiger partial charge on any atom is 0.191 e. The quantitative estimate of drug-likeness (QED) is 0.847. The van der Waals surface area contributed by atoms with E-state index in [9.17, 15) is 8.78 Å². The molecule has 1 aliphatic rings. The predicted molar refractivity (Wildman–Crippen MR) is 65.5 cm³/mol. The number of methoxy groups -OCH3 is 1. The van der Waals surface area contributed by atoms with Crippen molar-refractivity contribution < 1.29 is 13.5 Å². The zero-order valence-electron chi connectivity index (χ0n) is 9.53. The van der Waals surface area contributed by atoms with Crippen molar-refractivity contribution in [3.05, 3.63) is 27.7 Å². The second kappa shape index (κ2) is 5.31. The Morgan fingerprint density at radius 3 is 2.76 bits per heavy atom. The van der Waals surface area contributed by atoms with Crippen molar-refractivity contribution >= 4 is 15.9 Å². The minimum absolute atomic E-state index is 0.0783. The van der Waals surface area contributed by atoms with E-state index in [1.165, 1.54) is 13.2 Å². The highest BCUT2D eigenvalue weighted by Crippen LogP contribution is 2.36. The Balaban J connectivity index is 2.42. The van der Waals surface area contributed by atoms with E-state index in [2.05, 4.69) is 21.2 Å². The summed E-state index contributed by atoms with van der Waals surface area (Å²) in [4.78, 5) is 0. The molecule has 0 saturated carbocycles. The van der Waals surface area contributed by atoms with Crippen LogP contribution in [0.4, 0.5) is 8.78 Å². The van der Waals surface area contributed by atoms with Crippen LogP contribution < -0.4 is 10.1 Å². The van der Waals surface area contributed by atoms with Gasteiger partial charge in [-0.3, -0.25) is 0 Å². The van der Waals surface area contributed by atoms with Crippen LogP contribution in [0.15, 0.2) is 10.5 Å². The molecule has 2 rings (SSSR count). The normalized spacial score (nSPS) is 20.4. The van der Waals surface area contributed by atoms with Crippen LogP contribution in [0.2, 0.25) is 0 Å². The summed E-state index contributed by atoms with van der Waals surface area (Å²) in [6.45, 7) is 1.68. The Morgan fingerprint density at radius 2 is 2.18 bits per heavy atom. The van der Waals surface area contributed by atoms with Gasteiger partial charge in [-0.25, -0.2) is 8.78 Å². The van der Waals surface area contributed by atoms with Gasteiger partial charge in [0.25, 0.3) is 0 Å². The molecule has 1 fully saturated rings. The number of halogens is 3. The average Bonchev–Trinajstić information content (AvgIpc) is 2.36. The molecule has 0 aromatic heterocycles. The molecule has 1 aliphatic heterocycles. The van der Waals surface area contributed by atoms with Crippen LogP contribution >= 0.6 is 15.9 Å². The van der Waals surface area contributed by atoms with Crippen LogP contribution in [0.25, 0.3) is 0 Å². The van der Waals surface area contributed by atoms with Crippen LogP contribution in [0.5, 0.6) is 5.75 Å². The fourth-order valence-corrected chi connectivity index (χ4v) is 2.62. The van der Waals surface area contributed by atoms with E-state index < -0.39 is 11.6 Å². The minimum atomic E-state index is -0.683. The Kier molecular flexibility index (Phi) is 3.99. The molecule has 1 unspecified atom stereocenters. The van der Waals surface area contributed by atoms with Crippen molar-refractivity contribution in [2.45, 2.75) is 18.8 Å². The topological polar surface area (TPSA) is 21.3 Å². The summed E-state index contributed by atoms with van der Waals surface area (Å²) in [5.74, 6) is -1.49. The third-order valence-corrected chi connectivity index (χ3v) is 3.66. The van der Waals surface area contributed by atoms with Gasteiger partial charge in [0.15, 0.2) is 17.4 Å². The van der Waals surface area contributed by atoms with Crippen molar-refractivity contribution in [3.8, 4) is 5.75 Å². The molecule has 1 N–H and O–H groups in total. The Labute approximate surface area is 107 Å². The Bertz CT molecular complexity index is 419. The highest BCUT2D eigenvalue weighted by atomic mass is 79.9. The molecule has 17 heavy (non-hydrogen) atoms. The number of hydrogen-bond acceptors (Lipinski definition) is 2. The Hall–Kier alpha value is -0.680. The van der Waals surface area contributed by atoms with Gasteiger partial charge in [0.1, 0.15) is 0 Å². The molecule has 1 aromatic rings. The summed E-state index contributed by atoms with van der Waals surface area (Å²) >= 11 is 3.10. The van der Waals surface area contributed by atoms with E-state index in [1.807, 2.05) is 0 Å². The zero-order valence-corrected chi connectivity index (χ0v) is 11.1. The van der Waals surface area contributed by atoms with Crippen LogP contribution in [-0.2, 0) is 0 Å². The van der Waals surface area contributed by atoms with Gasteiger partial charge in [0, 0.05) is 6.54 Å². The fourth-order valence-electron chi connectivity index (χ4n) is 2.19. The lowest BCUT2D eigenvalue weighted by atomic mass is 9.91. The summed E-state index contributed by atoms with van der Waals surface area (Å²) in [7, 11) is 1.27. The molecule has 0 spiro atoms. The van der Waals surface area contributed by atoms with Gasteiger partial charge in [0.05, 0.1) is 11.6 Å². The summed E-state index contributed by atoms with van der Waals surface area (Å²) in [5.41, 5.74) is 0.516. The van der Waals surface area contributed by atoms with Crippen molar-refractivity contribution in [3.63, 3.8) is 0 Å². The molecule has 2 nitrogen and oxygen atoms in total. The van der Waals surface area contributed by atoms with Crippen molar-refractivity contribution in [1.29, 1.82) is 0 Å². The zero-order chi connectivity index (χ0) is 12.4. The summed E-state index contributed by atoms with van der Waals surface area (Å²) in [6, 6.07) is 1.52. The van der Waals surface area contributed by atoms with Gasteiger partial charge in [-0.15, -0.1) is 0 Å². The SMILES string of the molecule is COc1c(F)c(Br)cc(C2CCCNC2)c1F. The van der Waals surface area contributed by atoms with Gasteiger partial charge in [-0.1, -0.05) is 0 Å². The summed E-state index contributed by atoms with van der Waals surface area (Å²) in [5, 5.41) is 3.22. The van der Waals surface area contributed by atoms with Crippen LogP contribution in [0.3, 0.4) is 0 Å². The first kappa shape index (κ1) is 12.8. The van der Waals surface area contributed by atoms with Crippen molar-refractivity contribution in [2.24, 2.45) is 0 Å². The average molecular weight is 306 g/mol. The number of piperidine rings is 1. The molecule has 1 heterocycles. The number of rotatable bonds is 2. The van der Waals surface area contributed by atoms with Gasteiger partial charge in [-0.05, 0) is 52.9 Å². The van der Waals surface area contributed by atoms with Gasteiger partial charge >= 0.3 is 0 Å². The van der Waals surface area contributed by atoms with Crippen LogP contribution in [0.1, 0.15) is 24.3 Å². The van der Waals surface area contributed by atoms with E-state index >= 15 is 0 Å². The van der Waals surface area contributed by atoms with Crippen molar-refractivity contribution in [1.82, 2.24) is 5.32 Å². The lowest BCUT2D eigenvalue weighted by molar-refractivity contribution is 0.351. The van der Waals surface area contributed by atoms with Gasteiger partial charge < -0.3 is 10.1 Å². The standard InChI is InChI=1S/C12H14BrF2NO/c1-17-12-10(14)8(5-9(13)11(12)15)7-3-2-4-16-6-7/h5,7,16H,2-4,6H2,1H3. The first-order valence-corrected chi connectivity index (χ1v) is 6.36. The highest BCUT2D eigenvalue weighted by Gasteiger charge is 2.24. The fraction of sp³-hybridized carbons (Fsp3) is 0.500. The van der Waals surface area contributed by atoms with Crippen LogP contribution in [-0.4, -0.2) is 20.2 Å². The molecule has 94 valence electrons. The molecule has 0 amide bonds. The largest absolute Gasteiger partial charge is 0.491 e. The summed E-state index contributed by atoms with van der Waals surface area (Å²) in [6.07, 6.45) is 1.91. The number of hydrogen-bond donors (Lipinski definition) is 1. The third-order valence-electron chi connectivity index (χ3n) is 3.08. The molecule has 1 aromatic carbocycles. The second-order valence-electron chi connectivity index (χ2n) is 4.15. The highest BCUT2D eigenvalue weighted by molar-refractivity contribution is 9.10. The maximum atomic E-state index is 14.1. The van der Waals surface area contributed by atoms with E-state index in [4.69, 9.17) is 4.74 Å². The van der Waals surface area contributed by atoms with Crippen molar-refractivity contribution in [2.75, 3.05) is 20.2 Å². The molecule has 0 radical (unpaired) electrons. The smallest absolute Gasteiger partial charge is 0.191 e. The monoisotopic (exact) mass is 305 g/mol. The molecular weight excluding hydrogens is 292 g/mol. The molecule has 0 bridgehead atoms. The first-order valence-electron chi connectivity index (χ1n) is 5.57. The lowest BCUT2D eigenvalue weighted by Crippen LogP contribution is -2.29. The van der Waals surface area contributed by atoms with E-state index in [1.54, 1.807) is 0 Å². The third kappa shape index (κ3) is 2.45. The minimum Gasteiger partial charge on any atom is -0.491 e. The van der Waals surface area contributed by atoms with Gasteiger partial charge in [0.2, 0.25) is 0 Å². The molecule has 1 atom stereocenters. The van der Waals surface area contributed by atoms with Crippen LogP contribution in [0, 0.1) is 11.6 Å². The Morgan fingerprint density at radius 1 is 1.41 bits per heavy atom. The van der Waals surface area contributed by atoms with E-state index in [0.29, 0.717) is 5.56 Å². The molecule has 1 saturated heterocycles. The first-order chi connectivity index (χ1) is 8.15. The molecular formula is C12H14BrF2NO. The van der Waals surface area contributed by atoms with E-state index in [0.717, 1.165) is 25.9 Å².